The molecule has 0 atom stereocenters. The number of aromatic nitrogens is 6. The minimum absolute atomic E-state index is 0.137. The molecule has 1 fully saturated rings. The molecule has 0 aliphatic carbocycles. The zero-order chi connectivity index (χ0) is 31.8. The minimum atomic E-state index is -0.236. The summed E-state index contributed by atoms with van der Waals surface area (Å²) in [6.45, 7) is 7.93. The first-order valence-corrected chi connectivity index (χ1v) is 15.6. The number of H-pyrrole nitrogens is 1. The molecule has 4 aromatic rings. The van der Waals surface area contributed by atoms with E-state index >= 15 is 0 Å². The lowest BCUT2D eigenvalue weighted by Gasteiger charge is -2.31. The lowest BCUT2D eigenvalue weighted by Crippen LogP contribution is -2.39. The van der Waals surface area contributed by atoms with Crippen LogP contribution in [0.5, 0.6) is 0 Å². The van der Waals surface area contributed by atoms with Crippen molar-refractivity contribution in [2.24, 2.45) is 5.92 Å². The van der Waals surface area contributed by atoms with Crippen LogP contribution in [0.1, 0.15) is 62.2 Å². The summed E-state index contributed by atoms with van der Waals surface area (Å²) in [7, 11) is 0. The molecular weight excluding hydrogens is 570 g/mol. The van der Waals surface area contributed by atoms with E-state index < -0.39 is 0 Å². The lowest BCUT2D eigenvalue weighted by atomic mass is 9.96. The first-order chi connectivity index (χ1) is 21.9. The number of piperidine rings is 1. The summed E-state index contributed by atoms with van der Waals surface area (Å²) >= 11 is 0. The van der Waals surface area contributed by atoms with Crippen molar-refractivity contribution in [2.45, 2.75) is 59.4 Å². The Morgan fingerprint density at radius 2 is 1.80 bits per heavy atom. The third-order valence-corrected chi connectivity index (χ3v) is 8.33. The van der Waals surface area contributed by atoms with Crippen molar-refractivity contribution in [2.75, 3.05) is 26.2 Å². The summed E-state index contributed by atoms with van der Waals surface area (Å²) in [5.41, 5.74) is 4.70. The van der Waals surface area contributed by atoms with Gasteiger partial charge in [0.15, 0.2) is 5.82 Å². The highest BCUT2D eigenvalue weighted by molar-refractivity contribution is 5.89. The second-order valence-corrected chi connectivity index (χ2v) is 11.4. The topological polar surface area (TPSA) is 136 Å². The van der Waals surface area contributed by atoms with Crippen molar-refractivity contribution >= 4 is 17.5 Å². The van der Waals surface area contributed by atoms with E-state index in [0.29, 0.717) is 74.0 Å². The summed E-state index contributed by atoms with van der Waals surface area (Å²) < 4.78 is 6.88. The van der Waals surface area contributed by atoms with Crippen LogP contribution in [0, 0.1) is 12.8 Å². The average Bonchev–Trinajstić information content (AvgIpc) is 3.61. The third kappa shape index (κ3) is 7.33. The van der Waals surface area contributed by atoms with E-state index in [4.69, 9.17) is 9.72 Å². The maximum atomic E-state index is 14.1. The molecule has 1 saturated heterocycles. The molecule has 0 unspecified atom stereocenters. The van der Waals surface area contributed by atoms with Crippen molar-refractivity contribution in [3.8, 4) is 22.5 Å². The predicted octanol–water partition coefficient (Wildman–Crippen LogP) is 4.28. The van der Waals surface area contributed by atoms with E-state index in [1.165, 1.54) is 0 Å². The molecule has 0 spiro atoms. The number of unbranched alkanes of at least 4 members (excludes halogenated alkanes) is 1. The molecule has 0 radical (unpaired) electrons. The van der Waals surface area contributed by atoms with Crippen molar-refractivity contribution in [1.82, 2.24) is 35.1 Å². The Morgan fingerprint density at radius 1 is 1.07 bits per heavy atom. The molecule has 0 bridgehead atoms. The monoisotopic (exact) mass is 609 g/mol. The Morgan fingerprint density at radius 3 is 2.44 bits per heavy atom. The van der Waals surface area contributed by atoms with Crippen LogP contribution in [0.2, 0.25) is 0 Å². The van der Waals surface area contributed by atoms with Crippen LogP contribution < -0.4 is 5.56 Å². The van der Waals surface area contributed by atoms with Gasteiger partial charge < -0.3 is 4.74 Å². The molecule has 5 rings (SSSR count). The summed E-state index contributed by atoms with van der Waals surface area (Å²) in [6.07, 6.45) is 3.82. The molecule has 2 aromatic carbocycles. The van der Waals surface area contributed by atoms with E-state index in [9.17, 15) is 14.4 Å². The summed E-state index contributed by atoms with van der Waals surface area (Å²) in [5.74, 6) is 3.05. The van der Waals surface area contributed by atoms with Crippen molar-refractivity contribution in [3.05, 3.63) is 81.5 Å². The molecule has 11 nitrogen and oxygen atoms in total. The maximum Gasteiger partial charge on any atom is 0.309 e. The maximum absolute atomic E-state index is 14.1. The zero-order valence-electron chi connectivity index (χ0n) is 26.1. The van der Waals surface area contributed by atoms with Crippen LogP contribution in [0.3, 0.4) is 0 Å². The molecule has 0 amide bonds. The Labute approximate surface area is 262 Å². The van der Waals surface area contributed by atoms with Gasteiger partial charge in [-0.2, -0.15) is 0 Å². The number of nitrogens with one attached hydrogen (secondary N) is 1. The number of benzene rings is 2. The molecule has 45 heavy (non-hydrogen) atoms. The van der Waals surface area contributed by atoms with Gasteiger partial charge in [-0.15, -0.1) is 5.10 Å². The van der Waals surface area contributed by atoms with Crippen LogP contribution in [-0.2, 0) is 27.3 Å². The van der Waals surface area contributed by atoms with Crippen molar-refractivity contribution in [1.29, 1.82) is 0 Å². The number of hydrogen-bond donors (Lipinski definition) is 1. The Balaban J connectivity index is 1.40. The first-order valence-electron chi connectivity index (χ1n) is 15.6. The second kappa shape index (κ2) is 14.8. The minimum Gasteiger partial charge on any atom is -0.466 e. The fourth-order valence-electron chi connectivity index (χ4n) is 5.91. The fraction of sp³-hybridized carbons (Fsp3) is 0.412. The molecule has 3 heterocycles. The van der Waals surface area contributed by atoms with Crippen LogP contribution in [0.4, 0.5) is 0 Å². The van der Waals surface area contributed by atoms with Gasteiger partial charge >= 0.3 is 5.97 Å². The first kappa shape index (κ1) is 31.7. The van der Waals surface area contributed by atoms with Crippen LogP contribution in [0.15, 0.2) is 53.3 Å². The van der Waals surface area contributed by atoms with Crippen LogP contribution in [-0.4, -0.2) is 73.2 Å². The van der Waals surface area contributed by atoms with E-state index in [-0.39, 0.29) is 24.0 Å². The fourth-order valence-corrected chi connectivity index (χ4v) is 5.91. The number of carbonyl (C=O) groups excluding carboxylic acids is 2. The number of aromatic amines is 1. The van der Waals surface area contributed by atoms with Gasteiger partial charge in [0.2, 0.25) is 0 Å². The molecule has 234 valence electrons. The van der Waals surface area contributed by atoms with Gasteiger partial charge in [-0.05, 0) is 73.3 Å². The normalized spacial score (nSPS) is 13.8. The number of ether oxygens (including phenoxy) is 1. The van der Waals surface area contributed by atoms with Crippen molar-refractivity contribution < 1.29 is 14.3 Å². The standard InChI is InChI=1S/C34H39N7O4/c1-4-6-11-30-35-23(3)31(27(22-42)21-40-18-16-26(17-19-40)34(44)45-5-2)33(43)41(30)20-24-12-14-25(15-13-24)28-9-7-8-10-29(28)32-36-38-39-37-32/h7-10,12-15,26H,4-6,11,16-21H2,1-3H3,(H,36,37,38,39). The average molecular weight is 610 g/mol. The highest BCUT2D eigenvalue weighted by Crippen LogP contribution is 2.30. The summed E-state index contributed by atoms with van der Waals surface area (Å²) in [4.78, 5) is 45.5. The summed E-state index contributed by atoms with van der Waals surface area (Å²) in [6, 6.07) is 15.9. The molecule has 2 aromatic heterocycles. The number of rotatable bonds is 12. The van der Waals surface area contributed by atoms with E-state index in [1.54, 1.807) is 18.4 Å². The predicted molar refractivity (Wildman–Crippen MR) is 171 cm³/mol. The number of likely N-dealkylation sites (tertiary alicyclic amines) is 1. The van der Waals surface area contributed by atoms with Gasteiger partial charge in [0, 0.05) is 18.5 Å². The van der Waals surface area contributed by atoms with Crippen molar-refractivity contribution in [3.63, 3.8) is 0 Å². The van der Waals surface area contributed by atoms with Gasteiger partial charge in [-0.25, -0.2) is 14.9 Å². The Hall–Kier alpha value is -4.73. The highest BCUT2D eigenvalue weighted by Gasteiger charge is 2.28. The van der Waals surface area contributed by atoms with Gasteiger partial charge in [0.05, 0.1) is 35.9 Å². The van der Waals surface area contributed by atoms with Gasteiger partial charge in [-0.3, -0.25) is 19.1 Å². The van der Waals surface area contributed by atoms with E-state index in [1.807, 2.05) is 48.5 Å². The van der Waals surface area contributed by atoms with E-state index in [0.717, 1.165) is 35.1 Å². The molecular formula is C34H39N7O4. The molecule has 0 saturated carbocycles. The van der Waals surface area contributed by atoms with Gasteiger partial charge in [0.1, 0.15) is 11.8 Å². The van der Waals surface area contributed by atoms with Gasteiger partial charge in [0.25, 0.3) is 5.56 Å². The molecule has 11 heteroatoms. The smallest absolute Gasteiger partial charge is 0.309 e. The van der Waals surface area contributed by atoms with E-state index in [2.05, 4.69) is 38.4 Å². The molecule has 1 N–H and O–H groups in total. The number of carbonyl (C=O) groups is 1. The second-order valence-electron chi connectivity index (χ2n) is 11.4. The molecule has 1 aliphatic rings. The lowest BCUT2D eigenvalue weighted by molar-refractivity contribution is -0.149. The number of hydrogen-bond acceptors (Lipinski definition) is 9. The van der Waals surface area contributed by atoms with Crippen LogP contribution >= 0.6 is 0 Å². The van der Waals surface area contributed by atoms with Gasteiger partial charge in [-0.1, -0.05) is 61.9 Å². The van der Waals surface area contributed by atoms with Crippen LogP contribution in [0.25, 0.3) is 28.1 Å². The third-order valence-electron chi connectivity index (χ3n) is 8.33. The summed E-state index contributed by atoms with van der Waals surface area (Å²) in [5, 5.41) is 14.3. The number of aryl methyl sites for hydroxylation is 2. The Kier molecular flexibility index (Phi) is 10.4. The number of nitrogens with zero attached hydrogens (tertiary/aromatic N) is 6. The Bertz CT molecular complexity index is 1720. The zero-order valence-corrected chi connectivity index (χ0v) is 26.1. The number of esters is 1. The molecule has 1 aliphatic heterocycles. The SMILES string of the molecule is CCCCc1nc(C)c(C(=C=O)CN2CCC(C(=O)OCC)CC2)c(=O)n1Cc1ccc(-c2ccccc2-c2nnn[nH]2)cc1. The largest absolute Gasteiger partial charge is 0.466 e. The highest BCUT2D eigenvalue weighted by atomic mass is 16.5. The quantitative estimate of drug-likeness (QED) is 0.184. The number of tetrazole rings is 1.